The minimum Gasteiger partial charge on any atom is -0.459 e. The second kappa shape index (κ2) is 10.7. The van der Waals surface area contributed by atoms with Crippen molar-refractivity contribution in [2.24, 2.45) is 0 Å². The summed E-state index contributed by atoms with van der Waals surface area (Å²) in [5.41, 5.74) is 2.00. The van der Waals surface area contributed by atoms with Gasteiger partial charge in [-0.25, -0.2) is 17.6 Å². The number of hydrogen-bond acceptors (Lipinski definition) is 2. The molecule has 0 spiro atoms. The molecular formula is C27H25F4NO. The van der Waals surface area contributed by atoms with Gasteiger partial charge in [-0.2, -0.15) is 0 Å². The van der Waals surface area contributed by atoms with Crippen LogP contribution in [0.4, 0.5) is 17.6 Å². The van der Waals surface area contributed by atoms with E-state index in [9.17, 15) is 17.6 Å². The van der Waals surface area contributed by atoms with E-state index in [2.05, 4.69) is 4.90 Å². The summed E-state index contributed by atoms with van der Waals surface area (Å²) < 4.78 is 59.3. The molecule has 1 heterocycles. The lowest BCUT2D eigenvalue weighted by Gasteiger charge is -2.27. The Morgan fingerprint density at radius 2 is 1.39 bits per heavy atom. The van der Waals surface area contributed by atoms with Crippen LogP contribution in [0.25, 0.3) is 0 Å². The maximum absolute atomic E-state index is 13.8. The fourth-order valence-electron chi connectivity index (χ4n) is 4.12. The van der Waals surface area contributed by atoms with Gasteiger partial charge in [0.1, 0.15) is 23.2 Å². The predicted octanol–water partition coefficient (Wildman–Crippen LogP) is 6.82. The van der Waals surface area contributed by atoms with E-state index in [-0.39, 0.29) is 23.3 Å². The Kier molecular flexibility index (Phi) is 7.45. The highest BCUT2D eigenvalue weighted by molar-refractivity contribution is 5.33. The molecule has 0 unspecified atom stereocenters. The van der Waals surface area contributed by atoms with Crippen LogP contribution in [0.3, 0.4) is 0 Å². The van der Waals surface area contributed by atoms with E-state index in [1.165, 1.54) is 36.4 Å². The molecule has 0 radical (unpaired) electrons. The summed E-state index contributed by atoms with van der Waals surface area (Å²) in [6, 6.07) is 16.2. The molecule has 0 amide bonds. The Balaban J connectivity index is 1.34. The van der Waals surface area contributed by atoms with Crippen LogP contribution < -0.4 is 4.74 Å². The van der Waals surface area contributed by atoms with Gasteiger partial charge in [0.15, 0.2) is 11.6 Å². The molecule has 0 aliphatic carbocycles. The molecule has 1 aliphatic heterocycles. The van der Waals surface area contributed by atoms with Gasteiger partial charge in [-0.3, -0.25) is 4.90 Å². The summed E-state index contributed by atoms with van der Waals surface area (Å²) in [5, 5.41) is 0. The molecule has 0 fully saturated rings. The van der Waals surface area contributed by atoms with Crippen molar-refractivity contribution in [2.75, 3.05) is 19.6 Å². The zero-order valence-corrected chi connectivity index (χ0v) is 18.1. The van der Waals surface area contributed by atoms with Crippen LogP contribution in [0.15, 0.2) is 78.6 Å². The molecule has 4 rings (SSSR count). The van der Waals surface area contributed by atoms with Gasteiger partial charge in [0.05, 0.1) is 0 Å². The van der Waals surface area contributed by atoms with E-state index in [1.54, 1.807) is 24.3 Å². The van der Waals surface area contributed by atoms with Crippen LogP contribution in [0.2, 0.25) is 0 Å². The average Bonchev–Trinajstić information content (AvgIpc) is 2.81. The monoisotopic (exact) mass is 455 g/mol. The molecule has 6 heteroatoms. The second-order valence-electron chi connectivity index (χ2n) is 8.20. The van der Waals surface area contributed by atoms with Gasteiger partial charge < -0.3 is 4.74 Å². The van der Waals surface area contributed by atoms with E-state index in [0.717, 1.165) is 43.1 Å². The SMILES string of the molecule is Fc1ccc(C(CCCN2CC=C(Oc3ccc(F)cc3F)CC2)c2ccc(F)cc2)cc1. The van der Waals surface area contributed by atoms with Gasteiger partial charge in [-0.15, -0.1) is 0 Å². The van der Waals surface area contributed by atoms with Crippen LogP contribution in [-0.4, -0.2) is 24.5 Å². The maximum atomic E-state index is 13.8. The molecule has 0 saturated carbocycles. The van der Waals surface area contributed by atoms with Crippen LogP contribution >= 0.6 is 0 Å². The Labute approximate surface area is 191 Å². The summed E-state index contributed by atoms with van der Waals surface area (Å²) in [4.78, 5) is 2.28. The zero-order chi connectivity index (χ0) is 23.2. The van der Waals surface area contributed by atoms with Gasteiger partial charge in [0.25, 0.3) is 0 Å². The van der Waals surface area contributed by atoms with Gasteiger partial charge in [-0.1, -0.05) is 24.3 Å². The Hall–Kier alpha value is -3.12. The van der Waals surface area contributed by atoms with Crippen molar-refractivity contribution in [1.82, 2.24) is 4.90 Å². The molecule has 0 N–H and O–H groups in total. The normalized spacial score (nSPS) is 14.4. The van der Waals surface area contributed by atoms with E-state index in [0.29, 0.717) is 18.7 Å². The van der Waals surface area contributed by atoms with Crippen LogP contribution in [0, 0.1) is 23.3 Å². The first-order valence-electron chi connectivity index (χ1n) is 11.0. The zero-order valence-electron chi connectivity index (χ0n) is 18.1. The average molecular weight is 455 g/mol. The van der Waals surface area contributed by atoms with E-state index in [4.69, 9.17) is 4.74 Å². The number of halogens is 4. The number of ether oxygens (including phenoxy) is 1. The Morgan fingerprint density at radius 1 is 0.788 bits per heavy atom. The summed E-state index contributed by atoms with van der Waals surface area (Å²) in [6.45, 7) is 2.30. The summed E-state index contributed by atoms with van der Waals surface area (Å²) in [7, 11) is 0. The number of rotatable bonds is 8. The molecule has 3 aromatic rings. The highest BCUT2D eigenvalue weighted by Gasteiger charge is 2.18. The van der Waals surface area contributed by atoms with Crippen molar-refractivity contribution in [3.8, 4) is 5.75 Å². The lowest BCUT2D eigenvalue weighted by atomic mass is 9.87. The number of benzene rings is 3. The largest absolute Gasteiger partial charge is 0.459 e. The Morgan fingerprint density at radius 3 is 1.94 bits per heavy atom. The van der Waals surface area contributed by atoms with Crippen LogP contribution in [0.5, 0.6) is 5.75 Å². The summed E-state index contributed by atoms with van der Waals surface area (Å²) >= 11 is 0. The molecule has 1 aliphatic rings. The molecular weight excluding hydrogens is 430 g/mol. The highest BCUT2D eigenvalue weighted by atomic mass is 19.1. The van der Waals surface area contributed by atoms with Crippen molar-refractivity contribution >= 4 is 0 Å². The lowest BCUT2D eigenvalue weighted by molar-refractivity contribution is 0.253. The third-order valence-electron chi connectivity index (χ3n) is 5.90. The van der Waals surface area contributed by atoms with E-state index < -0.39 is 11.6 Å². The van der Waals surface area contributed by atoms with Crippen molar-refractivity contribution in [2.45, 2.75) is 25.2 Å². The lowest BCUT2D eigenvalue weighted by Crippen LogP contribution is -2.31. The molecule has 0 aromatic heterocycles. The molecule has 172 valence electrons. The summed E-state index contributed by atoms with van der Waals surface area (Å²) in [6.07, 6.45) is 4.29. The maximum Gasteiger partial charge on any atom is 0.168 e. The molecule has 2 nitrogen and oxygen atoms in total. The molecule has 0 bridgehead atoms. The first-order chi connectivity index (χ1) is 16.0. The first kappa shape index (κ1) is 23.1. The molecule has 3 aromatic carbocycles. The van der Waals surface area contributed by atoms with Crippen molar-refractivity contribution in [3.05, 3.63) is 113 Å². The fraction of sp³-hybridized carbons (Fsp3) is 0.259. The van der Waals surface area contributed by atoms with E-state index in [1.807, 2.05) is 6.08 Å². The smallest absolute Gasteiger partial charge is 0.168 e. The predicted molar refractivity (Wildman–Crippen MR) is 120 cm³/mol. The quantitative estimate of drug-likeness (QED) is 0.346. The van der Waals surface area contributed by atoms with Crippen LogP contribution in [-0.2, 0) is 0 Å². The van der Waals surface area contributed by atoms with Gasteiger partial charge >= 0.3 is 0 Å². The minimum atomic E-state index is -0.717. The van der Waals surface area contributed by atoms with Crippen molar-refractivity contribution in [3.63, 3.8) is 0 Å². The number of nitrogens with zero attached hydrogens (tertiary/aromatic N) is 1. The standard InChI is InChI=1S/C27H25F4NO/c28-21-7-3-19(4-8-21)25(20-5-9-22(29)10-6-20)2-1-15-32-16-13-24(14-17-32)33-27-12-11-23(30)18-26(27)31/h3-13,18,25H,1-2,14-17H2. The van der Waals surface area contributed by atoms with Crippen molar-refractivity contribution in [1.29, 1.82) is 0 Å². The Bertz CT molecular complexity index is 1050. The third-order valence-corrected chi connectivity index (χ3v) is 5.90. The highest BCUT2D eigenvalue weighted by Crippen LogP contribution is 2.30. The number of hydrogen-bond donors (Lipinski definition) is 0. The topological polar surface area (TPSA) is 12.5 Å². The van der Waals surface area contributed by atoms with Crippen molar-refractivity contribution < 1.29 is 22.3 Å². The van der Waals surface area contributed by atoms with E-state index >= 15 is 0 Å². The molecule has 0 atom stereocenters. The molecule has 0 saturated heterocycles. The fourth-order valence-corrected chi connectivity index (χ4v) is 4.12. The third kappa shape index (κ3) is 6.23. The van der Waals surface area contributed by atoms with Crippen LogP contribution in [0.1, 0.15) is 36.3 Å². The van der Waals surface area contributed by atoms with Gasteiger partial charge in [0.2, 0.25) is 0 Å². The molecule has 33 heavy (non-hydrogen) atoms. The second-order valence-corrected chi connectivity index (χ2v) is 8.20. The van der Waals surface area contributed by atoms with Gasteiger partial charge in [0, 0.05) is 31.5 Å². The van der Waals surface area contributed by atoms with Gasteiger partial charge in [-0.05, 0) is 73.0 Å². The minimum absolute atomic E-state index is 0.0255. The first-order valence-corrected chi connectivity index (χ1v) is 11.0. The summed E-state index contributed by atoms with van der Waals surface area (Å²) in [5.74, 6) is -1.17.